The molecule has 1 amide bonds. The van der Waals surface area contributed by atoms with Crippen molar-refractivity contribution in [1.82, 2.24) is 5.32 Å². The molecule has 0 bridgehead atoms. The van der Waals surface area contributed by atoms with Crippen molar-refractivity contribution >= 4 is 21.4 Å². The van der Waals surface area contributed by atoms with E-state index < -0.39 is 9.84 Å². The molecule has 0 spiro atoms. The standard InChI is InChI=1S/C14H20N2O3S/c1-2-20(18,19)10-9-16-14(17)12-7-3-5-11-6-4-8-15-13(11)12/h3,5,7,15H,2,4,6,8-10H2,1H3,(H,16,17). The van der Waals surface area contributed by atoms with Crippen LogP contribution in [0.1, 0.15) is 29.3 Å². The summed E-state index contributed by atoms with van der Waals surface area (Å²) in [5.41, 5.74) is 2.62. The van der Waals surface area contributed by atoms with Gasteiger partial charge in [0.1, 0.15) is 0 Å². The summed E-state index contributed by atoms with van der Waals surface area (Å²) in [6, 6.07) is 5.64. The Morgan fingerprint density at radius 2 is 2.20 bits per heavy atom. The Labute approximate surface area is 119 Å². The molecule has 0 saturated carbocycles. The van der Waals surface area contributed by atoms with Crippen molar-refractivity contribution in [3.05, 3.63) is 29.3 Å². The molecule has 0 saturated heterocycles. The van der Waals surface area contributed by atoms with Crippen molar-refractivity contribution in [1.29, 1.82) is 0 Å². The molecule has 1 heterocycles. The first-order valence-corrected chi connectivity index (χ1v) is 8.70. The van der Waals surface area contributed by atoms with Crippen LogP contribution in [0.25, 0.3) is 0 Å². The van der Waals surface area contributed by atoms with Crippen LogP contribution in [0.5, 0.6) is 0 Å². The quantitative estimate of drug-likeness (QED) is 0.856. The Morgan fingerprint density at radius 1 is 1.40 bits per heavy atom. The summed E-state index contributed by atoms with van der Waals surface area (Å²) in [6.07, 6.45) is 2.03. The van der Waals surface area contributed by atoms with Crippen LogP contribution in [-0.4, -0.2) is 38.9 Å². The number of rotatable bonds is 5. The van der Waals surface area contributed by atoms with E-state index in [0.717, 1.165) is 30.6 Å². The predicted octanol–water partition coefficient (Wildman–Crippen LogP) is 1.21. The van der Waals surface area contributed by atoms with Crippen molar-refractivity contribution in [2.75, 3.05) is 29.9 Å². The van der Waals surface area contributed by atoms with Gasteiger partial charge in [-0.05, 0) is 24.5 Å². The maximum Gasteiger partial charge on any atom is 0.253 e. The lowest BCUT2D eigenvalue weighted by Gasteiger charge is -2.20. The van der Waals surface area contributed by atoms with Gasteiger partial charge >= 0.3 is 0 Å². The summed E-state index contributed by atoms with van der Waals surface area (Å²) in [7, 11) is -3.05. The Kier molecular flexibility index (Phi) is 4.65. The van der Waals surface area contributed by atoms with Crippen LogP contribution in [0.2, 0.25) is 0 Å². The van der Waals surface area contributed by atoms with Gasteiger partial charge < -0.3 is 10.6 Å². The third-order valence-corrected chi connectivity index (χ3v) is 5.16. The zero-order valence-corrected chi connectivity index (χ0v) is 12.4. The topological polar surface area (TPSA) is 75.3 Å². The summed E-state index contributed by atoms with van der Waals surface area (Å²) in [5.74, 6) is -0.134. The molecule has 5 nitrogen and oxygen atoms in total. The van der Waals surface area contributed by atoms with E-state index in [0.29, 0.717) is 5.56 Å². The average Bonchev–Trinajstić information content (AvgIpc) is 2.46. The fourth-order valence-electron chi connectivity index (χ4n) is 2.26. The highest BCUT2D eigenvalue weighted by Gasteiger charge is 2.17. The van der Waals surface area contributed by atoms with Gasteiger partial charge in [0.2, 0.25) is 0 Å². The Bertz CT molecular complexity index is 596. The number of hydrogen-bond acceptors (Lipinski definition) is 4. The second-order valence-electron chi connectivity index (χ2n) is 4.86. The molecule has 0 unspecified atom stereocenters. The highest BCUT2D eigenvalue weighted by atomic mass is 32.2. The third-order valence-electron chi connectivity index (χ3n) is 3.46. The molecular formula is C14H20N2O3S. The van der Waals surface area contributed by atoms with Gasteiger partial charge in [0.15, 0.2) is 9.84 Å². The maximum absolute atomic E-state index is 12.1. The summed E-state index contributed by atoms with van der Waals surface area (Å²) in [4.78, 5) is 12.1. The van der Waals surface area contributed by atoms with E-state index in [1.54, 1.807) is 13.0 Å². The Balaban J connectivity index is 2.03. The molecule has 1 aliphatic rings. The van der Waals surface area contributed by atoms with E-state index in [4.69, 9.17) is 0 Å². The number of anilines is 1. The number of aryl methyl sites for hydroxylation is 1. The molecule has 0 radical (unpaired) electrons. The number of benzene rings is 1. The monoisotopic (exact) mass is 296 g/mol. The lowest BCUT2D eigenvalue weighted by atomic mass is 9.99. The molecule has 0 aromatic heterocycles. The van der Waals surface area contributed by atoms with E-state index in [9.17, 15) is 13.2 Å². The zero-order valence-electron chi connectivity index (χ0n) is 11.6. The van der Waals surface area contributed by atoms with Gasteiger partial charge in [-0.3, -0.25) is 4.79 Å². The second-order valence-corrected chi connectivity index (χ2v) is 7.34. The number of nitrogens with one attached hydrogen (secondary N) is 2. The molecule has 1 aliphatic heterocycles. The summed E-state index contributed by atoms with van der Waals surface area (Å²) in [5, 5.41) is 5.93. The maximum atomic E-state index is 12.1. The number of hydrogen-bond donors (Lipinski definition) is 2. The van der Waals surface area contributed by atoms with Crippen LogP contribution < -0.4 is 10.6 Å². The minimum atomic E-state index is -3.05. The summed E-state index contributed by atoms with van der Waals surface area (Å²) < 4.78 is 22.8. The van der Waals surface area contributed by atoms with Crippen LogP contribution in [0.3, 0.4) is 0 Å². The fraction of sp³-hybridized carbons (Fsp3) is 0.500. The molecule has 2 rings (SSSR count). The minimum absolute atomic E-state index is 0.0162. The van der Waals surface area contributed by atoms with Crippen molar-refractivity contribution in [2.24, 2.45) is 0 Å². The Morgan fingerprint density at radius 3 is 2.95 bits per heavy atom. The van der Waals surface area contributed by atoms with Crippen molar-refractivity contribution in [2.45, 2.75) is 19.8 Å². The lowest BCUT2D eigenvalue weighted by molar-refractivity contribution is 0.0957. The van der Waals surface area contributed by atoms with Gasteiger partial charge in [0.25, 0.3) is 5.91 Å². The van der Waals surface area contributed by atoms with E-state index in [-0.39, 0.29) is 24.0 Å². The first-order chi connectivity index (χ1) is 9.53. The van der Waals surface area contributed by atoms with E-state index in [1.807, 2.05) is 12.1 Å². The van der Waals surface area contributed by atoms with Crippen LogP contribution in [0.4, 0.5) is 5.69 Å². The molecule has 0 fully saturated rings. The Hall–Kier alpha value is -1.56. The lowest BCUT2D eigenvalue weighted by Crippen LogP contribution is -2.30. The fourth-order valence-corrected chi connectivity index (χ4v) is 2.96. The van der Waals surface area contributed by atoms with Gasteiger partial charge in [0, 0.05) is 18.8 Å². The number of fused-ring (bicyclic) bond motifs is 1. The molecule has 2 N–H and O–H groups in total. The van der Waals surface area contributed by atoms with Gasteiger partial charge in [-0.1, -0.05) is 19.1 Å². The minimum Gasteiger partial charge on any atom is -0.384 e. The molecule has 0 aliphatic carbocycles. The predicted molar refractivity (Wildman–Crippen MR) is 79.9 cm³/mol. The van der Waals surface area contributed by atoms with Crippen molar-refractivity contribution < 1.29 is 13.2 Å². The molecular weight excluding hydrogens is 276 g/mol. The van der Waals surface area contributed by atoms with E-state index in [2.05, 4.69) is 10.6 Å². The first-order valence-electron chi connectivity index (χ1n) is 6.88. The van der Waals surface area contributed by atoms with Crippen molar-refractivity contribution in [3.63, 3.8) is 0 Å². The molecule has 0 atom stereocenters. The molecule has 6 heteroatoms. The van der Waals surface area contributed by atoms with Crippen LogP contribution >= 0.6 is 0 Å². The summed E-state index contributed by atoms with van der Waals surface area (Å²) >= 11 is 0. The smallest absolute Gasteiger partial charge is 0.253 e. The van der Waals surface area contributed by atoms with E-state index >= 15 is 0 Å². The number of sulfone groups is 1. The van der Waals surface area contributed by atoms with Crippen molar-refractivity contribution in [3.8, 4) is 0 Å². The SMILES string of the molecule is CCS(=O)(=O)CCNC(=O)c1cccc2c1NCCC2. The van der Waals surface area contributed by atoms with Gasteiger partial charge in [-0.25, -0.2) is 8.42 Å². The largest absolute Gasteiger partial charge is 0.384 e. The van der Waals surface area contributed by atoms with Gasteiger partial charge in [0.05, 0.1) is 17.0 Å². The molecule has 1 aromatic rings. The van der Waals surface area contributed by atoms with E-state index in [1.165, 1.54) is 0 Å². The zero-order chi connectivity index (χ0) is 14.6. The summed E-state index contributed by atoms with van der Waals surface area (Å²) in [6.45, 7) is 2.62. The number of carbonyl (C=O) groups excluding carboxylic acids is 1. The number of carbonyl (C=O) groups is 1. The highest BCUT2D eigenvalue weighted by molar-refractivity contribution is 7.91. The van der Waals surface area contributed by atoms with Crippen LogP contribution in [-0.2, 0) is 16.3 Å². The normalized spacial score (nSPS) is 14.2. The third kappa shape index (κ3) is 3.50. The highest BCUT2D eigenvalue weighted by Crippen LogP contribution is 2.25. The van der Waals surface area contributed by atoms with Gasteiger partial charge in [-0.2, -0.15) is 0 Å². The van der Waals surface area contributed by atoms with Gasteiger partial charge in [-0.15, -0.1) is 0 Å². The van der Waals surface area contributed by atoms with Crippen LogP contribution in [0.15, 0.2) is 18.2 Å². The average molecular weight is 296 g/mol. The second kappa shape index (κ2) is 6.26. The molecule has 20 heavy (non-hydrogen) atoms. The molecule has 1 aromatic carbocycles. The number of amides is 1. The number of para-hydroxylation sites is 1. The first kappa shape index (κ1) is 14.8. The molecule has 110 valence electrons. The van der Waals surface area contributed by atoms with Crippen LogP contribution in [0, 0.1) is 0 Å².